The minimum absolute atomic E-state index is 0.140. The normalized spacial score (nSPS) is 15.4. The van der Waals surface area contributed by atoms with Gasteiger partial charge in [0.05, 0.1) is 6.42 Å². The average molecular weight is 364 g/mol. The molecule has 0 atom stereocenters. The lowest BCUT2D eigenvalue weighted by Gasteiger charge is -2.32. The summed E-state index contributed by atoms with van der Waals surface area (Å²) in [4.78, 5) is 18.1. The molecule has 2 aromatic carbocycles. The number of aryl methyl sites for hydroxylation is 1. The van der Waals surface area contributed by atoms with Gasteiger partial charge < -0.3 is 9.88 Å². The van der Waals surface area contributed by atoms with Crippen molar-refractivity contribution in [3.8, 4) is 0 Å². The number of H-pyrrole nitrogens is 1. The van der Waals surface area contributed by atoms with E-state index < -0.39 is 0 Å². The Hall–Kier alpha value is -2.62. The molecule has 0 bridgehead atoms. The van der Waals surface area contributed by atoms with E-state index in [0.717, 1.165) is 54.5 Å². The van der Waals surface area contributed by atoms with E-state index in [1.54, 1.807) is 6.07 Å². The van der Waals surface area contributed by atoms with Crippen molar-refractivity contribution in [1.29, 1.82) is 0 Å². The van der Waals surface area contributed by atoms with Gasteiger partial charge in [-0.25, -0.2) is 4.39 Å². The molecule has 0 aliphatic carbocycles. The first kappa shape index (κ1) is 17.8. The zero-order valence-corrected chi connectivity index (χ0v) is 15.7. The maximum Gasteiger partial charge on any atom is 0.227 e. The summed E-state index contributed by atoms with van der Waals surface area (Å²) in [6.07, 6.45) is 3.51. The first-order valence-electron chi connectivity index (χ1n) is 9.68. The van der Waals surface area contributed by atoms with Gasteiger partial charge in [0, 0.05) is 29.7 Å². The Bertz CT molecular complexity index is 940. The van der Waals surface area contributed by atoms with E-state index in [0.29, 0.717) is 12.3 Å². The summed E-state index contributed by atoms with van der Waals surface area (Å²) < 4.78 is 13.6. The van der Waals surface area contributed by atoms with Gasteiger partial charge in [-0.3, -0.25) is 4.79 Å². The van der Waals surface area contributed by atoms with Gasteiger partial charge in [0.15, 0.2) is 0 Å². The van der Waals surface area contributed by atoms with Crippen LogP contribution >= 0.6 is 0 Å². The number of fused-ring (bicyclic) bond motifs is 1. The molecule has 27 heavy (non-hydrogen) atoms. The van der Waals surface area contributed by atoms with E-state index in [1.165, 1.54) is 17.7 Å². The third kappa shape index (κ3) is 3.90. The molecule has 140 valence electrons. The molecular formula is C23H25FN2O. The molecule has 1 N–H and O–H groups in total. The highest BCUT2D eigenvalue weighted by Gasteiger charge is 2.24. The number of hydrogen-bond donors (Lipinski definition) is 1. The number of aromatic nitrogens is 1. The number of carbonyl (C=O) groups is 1. The van der Waals surface area contributed by atoms with E-state index in [-0.39, 0.29) is 11.7 Å². The molecule has 3 nitrogen and oxygen atoms in total. The Morgan fingerprint density at radius 1 is 1.15 bits per heavy atom. The molecule has 4 rings (SSSR count). The van der Waals surface area contributed by atoms with Gasteiger partial charge in [-0.05, 0) is 61.4 Å². The maximum atomic E-state index is 13.6. The number of likely N-dealkylation sites (tertiary alicyclic amines) is 1. The first-order chi connectivity index (χ1) is 13.1. The van der Waals surface area contributed by atoms with E-state index in [9.17, 15) is 9.18 Å². The number of amides is 1. The number of hydrogen-bond acceptors (Lipinski definition) is 1. The molecule has 0 radical (unpaired) electrons. The maximum absolute atomic E-state index is 13.6. The summed E-state index contributed by atoms with van der Waals surface area (Å²) in [6.45, 7) is 3.57. The molecule has 1 aromatic heterocycles. The van der Waals surface area contributed by atoms with Crippen LogP contribution in [0.2, 0.25) is 0 Å². The van der Waals surface area contributed by atoms with Crippen LogP contribution in [0.5, 0.6) is 0 Å². The third-order valence-electron chi connectivity index (χ3n) is 5.74. The fourth-order valence-corrected chi connectivity index (χ4v) is 4.18. The van der Waals surface area contributed by atoms with Crippen LogP contribution in [0.1, 0.15) is 29.7 Å². The van der Waals surface area contributed by atoms with E-state index >= 15 is 0 Å². The Kier molecular flexibility index (Phi) is 4.97. The lowest BCUT2D eigenvalue weighted by Crippen LogP contribution is -2.39. The molecule has 0 unspecified atom stereocenters. The molecule has 1 aliphatic rings. The van der Waals surface area contributed by atoms with Gasteiger partial charge in [-0.1, -0.05) is 30.3 Å². The van der Waals surface area contributed by atoms with E-state index in [4.69, 9.17) is 0 Å². The second-order valence-corrected chi connectivity index (χ2v) is 7.61. The van der Waals surface area contributed by atoms with Crippen LogP contribution in [0, 0.1) is 18.7 Å². The molecule has 1 amide bonds. The second kappa shape index (κ2) is 7.55. The predicted molar refractivity (Wildman–Crippen MR) is 106 cm³/mol. The fourth-order valence-electron chi connectivity index (χ4n) is 4.18. The van der Waals surface area contributed by atoms with Crippen molar-refractivity contribution in [2.75, 3.05) is 13.1 Å². The molecule has 1 aliphatic heterocycles. The highest BCUT2D eigenvalue weighted by Crippen LogP contribution is 2.26. The topological polar surface area (TPSA) is 36.1 Å². The van der Waals surface area contributed by atoms with Crippen molar-refractivity contribution in [1.82, 2.24) is 9.88 Å². The number of piperidine rings is 1. The van der Waals surface area contributed by atoms with Crippen molar-refractivity contribution in [3.63, 3.8) is 0 Å². The Morgan fingerprint density at radius 2 is 1.89 bits per heavy atom. The number of carbonyl (C=O) groups excluding carboxylic acids is 1. The minimum atomic E-state index is -0.267. The standard InChI is InChI=1S/C23H25FN2O/c1-16-20(21-14-19(24)7-8-22(21)25-16)15-23(27)26-11-9-18(10-12-26)13-17-5-3-2-4-6-17/h2-8,14,18,25H,9-13,15H2,1H3. The van der Waals surface area contributed by atoms with Crippen LogP contribution in [0.3, 0.4) is 0 Å². The highest BCUT2D eigenvalue weighted by atomic mass is 19.1. The Labute approximate surface area is 159 Å². The summed E-state index contributed by atoms with van der Waals surface area (Å²) >= 11 is 0. The fraction of sp³-hybridized carbons (Fsp3) is 0.348. The number of halogens is 1. The van der Waals surface area contributed by atoms with Crippen molar-refractivity contribution in [3.05, 3.63) is 71.2 Å². The molecule has 2 heterocycles. The predicted octanol–water partition coefficient (Wildman–Crippen LogP) is 4.64. The van der Waals surface area contributed by atoms with Gasteiger partial charge in [0.25, 0.3) is 0 Å². The molecule has 0 saturated carbocycles. The molecular weight excluding hydrogens is 339 g/mol. The summed E-state index contributed by atoms with van der Waals surface area (Å²) in [5.74, 6) is 0.513. The first-order valence-corrected chi connectivity index (χ1v) is 9.68. The molecule has 4 heteroatoms. The monoisotopic (exact) mass is 364 g/mol. The van der Waals surface area contributed by atoms with Crippen LogP contribution in [-0.2, 0) is 17.6 Å². The van der Waals surface area contributed by atoms with Crippen molar-refractivity contribution >= 4 is 16.8 Å². The lowest BCUT2D eigenvalue weighted by atomic mass is 9.90. The summed E-state index contributed by atoms with van der Waals surface area (Å²) in [7, 11) is 0. The molecule has 3 aromatic rings. The van der Waals surface area contributed by atoms with E-state index in [2.05, 4.69) is 29.2 Å². The van der Waals surface area contributed by atoms with Gasteiger partial charge >= 0.3 is 0 Å². The largest absolute Gasteiger partial charge is 0.358 e. The average Bonchev–Trinajstić information content (AvgIpc) is 2.98. The zero-order chi connectivity index (χ0) is 18.8. The smallest absolute Gasteiger partial charge is 0.227 e. The van der Waals surface area contributed by atoms with Crippen molar-refractivity contribution < 1.29 is 9.18 Å². The van der Waals surface area contributed by atoms with Crippen LogP contribution in [0.25, 0.3) is 10.9 Å². The third-order valence-corrected chi connectivity index (χ3v) is 5.74. The van der Waals surface area contributed by atoms with E-state index in [1.807, 2.05) is 17.9 Å². The van der Waals surface area contributed by atoms with Crippen LogP contribution in [0.4, 0.5) is 4.39 Å². The van der Waals surface area contributed by atoms with Gasteiger partial charge in [0.1, 0.15) is 5.82 Å². The van der Waals surface area contributed by atoms with Gasteiger partial charge in [-0.2, -0.15) is 0 Å². The molecule has 1 fully saturated rings. The summed E-state index contributed by atoms with van der Waals surface area (Å²) in [6, 6.07) is 15.3. The van der Waals surface area contributed by atoms with Gasteiger partial charge in [-0.15, -0.1) is 0 Å². The lowest BCUT2D eigenvalue weighted by molar-refractivity contribution is -0.131. The van der Waals surface area contributed by atoms with Crippen molar-refractivity contribution in [2.45, 2.75) is 32.6 Å². The number of rotatable bonds is 4. The molecule has 1 saturated heterocycles. The SMILES string of the molecule is Cc1[nH]c2ccc(F)cc2c1CC(=O)N1CCC(Cc2ccccc2)CC1. The number of nitrogens with zero attached hydrogens (tertiary/aromatic N) is 1. The van der Waals surface area contributed by atoms with Gasteiger partial charge in [0.2, 0.25) is 5.91 Å². The van der Waals surface area contributed by atoms with Crippen molar-refractivity contribution in [2.24, 2.45) is 5.92 Å². The highest BCUT2D eigenvalue weighted by molar-refractivity contribution is 5.90. The van der Waals surface area contributed by atoms with Crippen LogP contribution in [0.15, 0.2) is 48.5 Å². The second-order valence-electron chi connectivity index (χ2n) is 7.61. The molecule has 0 spiro atoms. The number of nitrogens with one attached hydrogen (secondary N) is 1. The Balaban J connectivity index is 1.39. The van der Waals surface area contributed by atoms with Crippen LogP contribution in [-0.4, -0.2) is 28.9 Å². The minimum Gasteiger partial charge on any atom is -0.358 e. The Morgan fingerprint density at radius 3 is 2.63 bits per heavy atom. The summed E-state index contributed by atoms with van der Waals surface area (Å²) in [5.41, 5.74) is 4.13. The summed E-state index contributed by atoms with van der Waals surface area (Å²) in [5, 5.41) is 0.819. The number of benzene rings is 2. The van der Waals surface area contributed by atoms with Crippen LogP contribution < -0.4 is 0 Å². The quantitative estimate of drug-likeness (QED) is 0.719. The number of aromatic amines is 1. The zero-order valence-electron chi connectivity index (χ0n) is 15.7.